The number of hydrogen-bond acceptors (Lipinski definition) is 5. The zero-order valence-electron chi connectivity index (χ0n) is 12.6. The highest BCUT2D eigenvalue weighted by molar-refractivity contribution is 6.05. The highest BCUT2D eigenvalue weighted by Gasteiger charge is 2.40. The van der Waals surface area contributed by atoms with Crippen LogP contribution >= 0.6 is 0 Å². The summed E-state index contributed by atoms with van der Waals surface area (Å²) in [6.45, 7) is 2.53. The number of piperidine rings is 1. The first-order chi connectivity index (χ1) is 11.0. The molecule has 4 rings (SSSR count). The molecule has 7 heteroatoms. The number of fused-ring (bicyclic) bond motifs is 3. The van der Waals surface area contributed by atoms with Crippen LogP contribution in [0.5, 0.6) is 0 Å². The molecule has 2 aliphatic rings. The molecule has 1 aliphatic heterocycles. The Hall–Kier alpha value is -2.41. The molecular formula is C16H17N3O4. The van der Waals surface area contributed by atoms with E-state index >= 15 is 0 Å². The Morgan fingerprint density at radius 3 is 2.91 bits per heavy atom. The van der Waals surface area contributed by atoms with Gasteiger partial charge in [-0.05, 0) is 31.7 Å². The zero-order chi connectivity index (χ0) is 16.1. The Morgan fingerprint density at radius 1 is 1.43 bits per heavy atom. The highest BCUT2D eigenvalue weighted by Crippen LogP contribution is 2.31. The van der Waals surface area contributed by atoms with E-state index in [1.165, 1.54) is 12.3 Å². The van der Waals surface area contributed by atoms with Gasteiger partial charge in [0, 0.05) is 24.0 Å². The normalized spacial score (nSPS) is 25.9. The Labute approximate surface area is 132 Å². The van der Waals surface area contributed by atoms with Crippen molar-refractivity contribution in [2.75, 3.05) is 6.54 Å². The van der Waals surface area contributed by atoms with Gasteiger partial charge in [0.25, 0.3) is 5.91 Å². The van der Waals surface area contributed by atoms with E-state index in [4.69, 9.17) is 4.42 Å². The molecule has 1 saturated heterocycles. The number of carbonyl (C=O) groups is 2. The monoisotopic (exact) mass is 315 g/mol. The van der Waals surface area contributed by atoms with E-state index in [0.717, 1.165) is 19.4 Å². The third kappa shape index (κ3) is 2.28. The topological polar surface area (TPSA) is 104 Å². The number of hydrogen-bond donors (Lipinski definition) is 3. The van der Waals surface area contributed by atoms with Gasteiger partial charge in [0.1, 0.15) is 17.0 Å². The maximum Gasteiger partial charge on any atom is 0.339 e. The number of rotatable bonds is 3. The molecule has 1 aliphatic carbocycles. The van der Waals surface area contributed by atoms with Crippen LogP contribution in [0.4, 0.5) is 0 Å². The number of carboxylic acid groups (broad SMARTS) is 1. The second-order valence-corrected chi connectivity index (χ2v) is 6.32. The largest absolute Gasteiger partial charge is 0.478 e. The lowest BCUT2D eigenvalue weighted by atomic mass is 10.0. The van der Waals surface area contributed by atoms with E-state index in [0.29, 0.717) is 28.7 Å². The first-order valence-electron chi connectivity index (χ1n) is 7.69. The van der Waals surface area contributed by atoms with E-state index in [1.54, 1.807) is 6.92 Å². The maximum absolute atomic E-state index is 12.4. The smallest absolute Gasteiger partial charge is 0.339 e. The summed E-state index contributed by atoms with van der Waals surface area (Å²) in [5, 5.41) is 16.1. The lowest BCUT2D eigenvalue weighted by Gasteiger charge is -2.23. The molecule has 2 fully saturated rings. The minimum Gasteiger partial charge on any atom is -0.478 e. The van der Waals surface area contributed by atoms with Crippen molar-refractivity contribution >= 4 is 22.8 Å². The summed E-state index contributed by atoms with van der Waals surface area (Å²) in [4.78, 5) is 27.9. The Kier molecular flexibility index (Phi) is 3.12. The SMILES string of the molecule is Cc1oc2cnc(C(=O)NC3CC4CC3CN4)cc2c1C(=O)O. The second-order valence-electron chi connectivity index (χ2n) is 6.32. The van der Waals surface area contributed by atoms with Crippen LogP contribution in [0.15, 0.2) is 16.7 Å². The first-order valence-corrected chi connectivity index (χ1v) is 7.69. The molecule has 0 radical (unpaired) electrons. The number of carboxylic acids is 1. The van der Waals surface area contributed by atoms with Crippen LogP contribution in [0, 0.1) is 12.8 Å². The van der Waals surface area contributed by atoms with Gasteiger partial charge in [-0.2, -0.15) is 0 Å². The van der Waals surface area contributed by atoms with E-state index in [1.807, 2.05) is 0 Å². The summed E-state index contributed by atoms with van der Waals surface area (Å²) >= 11 is 0. The van der Waals surface area contributed by atoms with Gasteiger partial charge < -0.3 is 20.2 Å². The van der Waals surface area contributed by atoms with Crippen molar-refractivity contribution in [1.82, 2.24) is 15.6 Å². The number of carbonyl (C=O) groups excluding carboxylic acids is 1. The summed E-state index contributed by atoms with van der Waals surface area (Å²) in [6.07, 6.45) is 3.44. The second kappa shape index (κ2) is 5.06. The molecule has 0 aromatic carbocycles. The van der Waals surface area contributed by atoms with E-state index in [2.05, 4.69) is 15.6 Å². The molecule has 120 valence electrons. The maximum atomic E-state index is 12.4. The van der Waals surface area contributed by atoms with Gasteiger partial charge in [-0.3, -0.25) is 4.79 Å². The summed E-state index contributed by atoms with van der Waals surface area (Å²) in [5.41, 5.74) is 0.678. The van der Waals surface area contributed by atoms with Gasteiger partial charge >= 0.3 is 5.97 Å². The van der Waals surface area contributed by atoms with Crippen molar-refractivity contribution in [1.29, 1.82) is 0 Å². The van der Waals surface area contributed by atoms with Crippen molar-refractivity contribution < 1.29 is 19.1 Å². The highest BCUT2D eigenvalue weighted by atomic mass is 16.4. The van der Waals surface area contributed by atoms with E-state index in [9.17, 15) is 14.7 Å². The lowest BCUT2D eigenvalue weighted by Crippen LogP contribution is -2.44. The molecule has 3 atom stereocenters. The number of amides is 1. The van der Waals surface area contributed by atoms with Crippen molar-refractivity contribution in [2.24, 2.45) is 5.92 Å². The van der Waals surface area contributed by atoms with Crippen molar-refractivity contribution in [3.05, 3.63) is 29.3 Å². The molecule has 2 bridgehead atoms. The van der Waals surface area contributed by atoms with Gasteiger partial charge in [0.2, 0.25) is 0 Å². The third-order valence-electron chi connectivity index (χ3n) is 4.88. The van der Waals surface area contributed by atoms with Crippen LogP contribution in [0.3, 0.4) is 0 Å². The molecule has 1 amide bonds. The average Bonchev–Trinajstić information content (AvgIpc) is 3.18. The summed E-state index contributed by atoms with van der Waals surface area (Å²) in [6, 6.07) is 2.16. The molecular weight excluding hydrogens is 298 g/mol. The molecule has 3 unspecified atom stereocenters. The Bertz CT molecular complexity index is 813. The molecule has 1 saturated carbocycles. The Morgan fingerprint density at radius 2 is 2.26 bits per heavy atom. The van der Waals surface area contributed by atoms with Crippen LogP contribution in [-0.4, -0.2) is 40.6 Å². The minimum atomic E-state index is -1.07. The predicted molar refractivity (Wildman–Crippen MR) is 81.5 cm³/mol. The number of furan rings is 1. The van der Waals surface area contributed by atoms with Gasteiger partial charge in [0.05, 0.1) is 6.20 Å². The summed E-state index contributed by atoms with van der Waals surface area (Å²) in [5.74, 6) is -0.554. The molecule has 3 N–H and O–H groups in total. The number of aromatic carboxylic acids is 1. The van der Waals surface area contributed by atoms with Gasteiger partial charge in [-0.15, -0.1) is 0 Å². The quantitative estimate of drug-likeness (QED) is 0.789. The molecule has 3 heterocycles. The van der Waals surface area contributed by atoms with Crippen LogP contribution < -0.4 is 10.6 Å². The van der Waals surface area contributed by atoms with Crippen LogP contribution in [0.25, 0.3) is 11.0 Å². The number of nitrogens with zero attached hydrogens (tertiary/aromatic N) is 1. The standard InChI is InChI=1S/C16H17N3O4/c1-7-14(16(21)22)10-4-12(18-6-13(10)23-7)15(20)19-11-3-9-2-8(11)5-17-9/h4,6,8-9,11,17H,2-3,5H2,1H3,(H,19,20)(H,21,22). The van der Waals surface area contributed by atoms with Crippen LogP contribution in [-0.2, 0) is 0 Å². The Balaban J connectivity index is 1.62. The molecule has 2 aromatic heterocycles. The summed E-state index contributed by atoms with van der Waals surface area (Å²) < 4.78 is 5.39. The predicted octanol–water partition coefficient (Wildman–Crippen LogP) is 1.31. The zero-order valence-corrected chi connectivity index (χ0v) is 12.6. The number of pyridine rings is 1. The molecule has 23 heavy (non-hydrogen) atoms. The van der Waals surface area contributed by atoms with Gasteiger partial charge in [-0.1, -0.05) is 0 Å². The third-order valence-corrected chi connectivity index (χ3v) is 4.88. The molecule has 2 aromatic rings. The van der Waals surface area contributed by atoms with Crippen molar-refractivity contribution in [3.63, 3.8) is 0 Å². The number of nitrogens with one attached hydrogen (secondary N) is 2. The molecule has 0 spiro atoms. The average molecular weight is 315 g/mol. The lowest BCUT2D eigenvalue weighted by molar-refractivity contribution is 0.0696. The molecule has 7 nitrogen and oxygen atoms in total. The van der Waals surface area contributed by atoms with E-state index < -0.39 is 5.97 Å². The fourth-order valence-electron chi connectivity index (χ4n) is 3.77. The fraction of sp³-hybridized carbons (Fsp3) is 0.438. The van der Waals surface area contributed by atoms with Crippen molar-refractivity contribution in [3.8, 4) is 0 Å². The van der Waals surface area contributed by atoms with Crippen LogP contribution in [0.2, 0.25) is 0 Å². The number of aromatic nitrogens is 1. The fourth-order valence-corrected chi connectivity index (χ4v) is 3.77. The minimum absolute atomic E-state index is 0.0839. The van der Waals surface area contributed by atoms with Gasteiger partial charge in [-0.25, -0.2) is 9.78 Å². The first kappa shape index (κ1) is 14.2. The number of aryl methyl sites for hydroxylation is 1. The van der Waals surface area contributed by atoms with Gasteiger partial charge in [0.15, 0.2) is 5.58 Å². The van der Waals surface area contributed by atoms with Crippen molar-refractivity contribution in [2.45, 2.75) is 31.8 Å². The van der Waals surface area contributed by atoms with E-state index in [-0.39, 0.29) is 23.2 Å². The summed E-state index contributed by atoms with van der Waals surface area (Å²) in [7, 11) is 0. The van der Waals surface area contributed by atoms with Crippen LogP contribution in [0.1, 0.15) is 39.4 Å².